The van der Waals surface area contributed by atoms with Crippen molar-refractivity contribution in [2.75, 3.05) is 19.6 Å². The number of nitrogens with zero attached hydrogens (tertiary/aromatic N) is 3. The number of carbonyl (C=O) groups is 2. The third-order valence-corrected chi connectivity index (χ3v) is 5.44. The van der Waals surface area contributed by atoms with E-state index in [0.29, 0.717) is 6.42 Å². The van der Waals surface area contributed by atoms with E-state index in [1.54, 1.807) is 0 Å². The summed E-state index contributed by atoms with van der Waals surface area (Å²) >= 11 is 0. The van der Waals surface area contributed by atoms with Crippen molar-refractivity contribution in [3.05, 3.63) is 29.6 Å². The topological polar surface area (TPSA) is 69.3 Å². The molecule has 0 radical (unpaired) electrons. The molecule has 0 spiro atoms. The summed E-state index contributed by atoms with van der Waals surface area (Å²) in [4.78, 5) is 37.2. The maximum absolute atomic E-state index is 12.9. The van der Waals surface area contributed by atoms with Gasteiger partial charge in [0.15, 0.2) is 0 Å². The number of aryl methyl sites for hydroxylation is 1. The minimum Gasteiger partial charge on any atom is -0.343 e. The number of rotatable bonds is 8. The molecule has 1 fully saturated rings. The van der Waals surface area contributed by atoms with E-state index in [-0.39, 0.29) is 24.3 Å². The van der Waals surface area contributed by atoms with Crippen molar-refractivity contribution in [2.45, 2.75) is 65.3 Å². The molecule has 1 aromatic heterocycles. The lowest BCUT2D eigenvalue weighted by molar-refractivity contribution is -0.137. The Labute approximate surface area is 167 Å². The summed E-state index contributed by atoms with van der Waals surface area (Å²) < 4.78 is 0. The van der Waals surface area contributed by atoms with Gasteiger partial charge in [-0.25, -0.2) is 4.98 Å². The fourth-order valence-corrected chi connectivity index (χ4v) is 4.07. The van der Waals surface area contributed by atoms with Crippen molar-refractivity contribution in [2.24, 2.45) is 0 Å². The van der Waals surface area contributed by atoms with Crippen LogP contribution in [-0.2, 0) is 9.59 Å². The van der Waals surface area contributed by atoms with Gasteiger partial charge in [0.1, 0.15) is 5.82 Å². The highest BCUT2D eigenvalue weighted by atomic mass is 16.2. The highest BCUT2D eigenvalue weighted by Gasteiger charge is 2.32. The van der Waals surface area contributed by atoms with Gasteiger partial charge in [-0.2, -0.15) is 0 Å². The van der Waals surface area contributed by atoms with Gasteiger partial charge in [-0.15, -0.1) is 0 Å². The number of imidazole rings is 1. The van der Waals surface area contributed by atoms with E-state index < -0.39 is 0 Å². The van der Waals surface area contributed by atoms with Crippen molar-refractivity contribution < 1.29 is 9.59 Å². The van der Waals surface area contributed by atoms with Gasteiger partial charge in [-0.1, -0.05) is 19.9 Å². The van der Waals surface area contributed by atoms with Gasteiger partial charge in [-0.05, 0) is 50.3 Å². The maximum Gasteiger partial charge on any atom is 0.223 e. The number of aromatic nitrogens is 2. The average Bonchev–Trinajstić information content (AvgIpc) is 3.31. The molecule has 1 aliphatic heterocycles. The molecule has 1 N–H and O–H groups in total. The molecule has 0 aliphatic carbocycles. The Kier molecular flexibility index (Phi) is 6.70. The minimum atomic E-state index is -0.0160. The number of carbonyl (C=O) groups excluding carboxylic acids is 2. The lowest BCUT2D eigenvalue weighted by Crippen LogP contribution is -2.35. The number of aromatic amines is 1. The summed E-state index contributed by atoms with van der Waals surface area (Å²) in [7, 11) is 0. The van der Waals surface area contributed by atoms with Crippen molar-refractivity contribution in [1.29, 1.82) is 0 Å². The second kappa shape index (κ2) is 9.22. The molecule has 1 aliphatic rings. The van der Waals surface area contributed by atoms with Gasteiger partial charge >= 0.3 is 0 Å². The fraction of sp³-hybridized carbons (Fsp3) is 0.591. The van der Waals surface area contributed by atoms with Gasteiger partial charge in [-0.3, -0.25) is 9.59 Å². The third-order valence-electron chi connectivity index (χ3n) is 5.44. The second-order valence-electron chi connectivity index (χ2n) is 7.77. The Hall–Kier alpha value is -2.37. The molecule has 1 saturated heterocycles. The molecule has 3 rings (SSSR count). The van der Waals surface area contributed by atoms with Crippen molar-refractivity contribution >= 4 is 22.8 Å². The van der Waals surface area contributed by atoms with E-state index >= 15 is 0 Å². The highest BCUT2D eigenvalue weighted by molar-refractivity contribution is 5.84. The van der Waals surface area contributed by atoms with Crippen LogP contribution < -0.4 is 0 Å². The van der Waals surface area contributed by atoms with Crippen LogP contribution in [0.2, 0.25) is 0 Å². The summed E-state index contributed by atoms with van der Waals surface area (Å²) in [6.07, 6.45) is 4.34. The van der Waals surface area contributed by atoms with E-state index in [2.05, 4.69) is 37.9 Å². The molecular weight excluding hydrogens is 352 g/mol. The van der Waals surface area contributed by atoms with Crippen molar-refractivity contribution in [3.63, 3.8) is 0 Å². The summed E-state index contributed by atoms with van der Waals surface area (Å²) in [5.74, 6) is 1.00. The largest absolute Gasteiger partial charge is 0.343 e. The predicted molar refractivity (Wildman–Crippen MR) is 111 cm³/mol. The van der Waals surface area contributed by atoms with Crippen LogP contribution in [0.15, 0.2) is 18.2 Å². The van der Waals surface area contributed by atoms with Crippen LogP contribution in [0.4, 0.5) is 0 Å². The molecular formula is C22H32N4O2. The summed E-state index contributed by atoms with van der Waals surface area (Å²) in [5, 5.41) is 0. The van der Waals surface area contributed by atoms with E-state index in [1.807, 2.05) is 15.9 Å². The first-order chi connectivity index (χ1) is 13.5. The number of fused-ring (bicyclic) bond motifs is 1. The third kappa shape index (κ3) is 4.54. The van der Waals surface area contributed by atoms with Crippen LogP contribution in [0.3, 0.4) is 0 Å². The summed E-state index contributed by atoms with van der Waals surface area (Å²) in [6, 6.07) is 6.13. The normalized spacial score (nSPS) is 16.7. The molecule has 1 unspecified atom stereocenters. The van der Waals surface area contributed by atoms with Crippen LogP contribution in [0, 0.1) is 6.92 Å². The Balaban J connectivity index is 1.64. The van der Waals surface area contributed by atoms with E-state index in [4.69, 9.17) is 4.98 Å². The van der Waals surface area contributed by atoms with Crippen molar-refractivity contribution in [1.82, 2.24) is 19.8 Å². The first-order valence-electron chi connectivity index (χ1n) is 10.6. The lowest BCUT2D eigenvalue weighted by atomic mass is 10.2. The van der Waals surface area contributed by atoms with Gasteiger partial charge < -0.3 is 14.8 Å². The number of benzene rings is 1. The highest BCUT2D eigenvalue weighted by Crippen LogP contribution is 2.32. The van der Waals surface area contributed by atoms with Gasteiger partial charge in [0.05, 0.1) is 17.1 Å². The molecule has 0 bridgehead atoms. The first-order valence-corrected chi connectivity index (χ1v) is 10.6. The number of hydrogen-bond acceptors (Lipinski definition) is 3. The zero-order chi connectivity index (χ0) is 20.1. The molecule has 6 heteroatoms. The molecule has 152 valence electrons. The molecule has 1 aromatic carbocycles. The molecule has 28 heavy (non-hydrogen) atoms. The molecule has 1 atom stereocenters. The molecule has 2 heterocycles. The quantitative estimate of drug-likeness (QED) is 0.749. The summed E-state index contributed by atoms with van der Waals surface area (Å²) in [6.45, 7) is 8.48. The van der Waals surface area contributed by atoms with Crippen LogP contribution >= 0.6 is 0 Å². The Morgan fingerprint density at radius 3 is 2.68 bits per heavy atom. The zero-order valence-corrected chi connectivity index (χ0v) is 17.3. The number of likely N-dealkylation sites (tertiary alicyclic amines) is 1. The van der Waals surface area contributed by atoms with Crippen LogP contribution in [-0.4, -0.2) is 51.2 Å². The number of nitrogens with one attached hydrogen (secondary N) is 1. The zero-order valence-electron chi connectivity index (χ0n) is 17.3. The SMILES string of the molecule is CCCN(CCC)C(=O)CCC(=O)N1CCCC1c1nc2ccc(C)cc2[nH]1. The number of hydrogen-bond donors (Lipinski definition) is 1. The van der Waals surface area contributed by atoms with E-state index in [1.165, 1.54) is 5.56 Å². The maximum atomic E-state index is 12.9. The second-order valence-corrected chi connectivity index (χ2v) is 7.77. The number of H-pyrrole nitrogens is 1. The Bertz CT molecular complexity index is 823. The predicted octanol–water partition coefficient (Wildman–Crippen LogP) is 3.96. The van der Waals surface area contributed by atoms with Crippen LogP contribution in [0.5, 0.6) is 0 Å². The molecule has 2 amide bonds. The summed E-state index contributed by atoms with van der Waals surface area (Å²) in [5.41, 5.74) is 3.13. The smallest absolute Gasteiger partial charge is 0.223 e. The van der Waals surface area contributed by atoms with Gasteiger partial charge in [0.2, 0.25) is 11.8 Å². The molecule has 6 nitrogen and oxygen atoms in total. The number of amides is 2. The molecule has 2 aromatic rings. The Morgan fingerprint density at radius 1 is 1.21 bits per heavy atom. The van der Waals surface area contributed by atoms with E-state index in [0.717, 1.165) is 62.2 Å². The van der Waals surface area contributed by atoms with Crippen molar-refractivity contribution in [3.8, 4) is 0 Å². The minimum absolute atomic E-state index is 0.0160. The average molecular weight is 385 g/mol. The fourth-order valence-electron chi connectivity index (χ4n) is 4.07. The molecule has 0 saturated carbocycles. The van der Waals surface area contributed by atoms with Crippen LogP contribution in [0.25, 0.3) is 11.0 Å². The first kappa shape index (κ1) is 20.4. The van der Waals surface area contributed by atoms with E-state index in [9.17, 15) is 9.59 Å². The monoisotopic (exact) mass is 384 g/mol. The van der Waals surface area contributed by atoms with Crippen LogP contribution in [0.1, 0.15) is 69.8 Å². The lowest BCUT2D eigenvalue weighted by Gasteiger charge is -2.25. The Morgan fingerprint density at radius 2 is 1.96 bits per heavy atom. The van der Waals surface area contributed by atoms with Gasteiger partial charge in [0, 0.05) is 32.5 Å². The standard InChI is InChI=1S/C22H32N4O2/c1-4-12-25(13-5-2)20(27)10-11-21(28)26-14-6-7-19(26)22-23-17-9-8-16(3)15-18(17)24-22/h8-9,15,19H,4-7,10-14H2,1-3H3,(H,23,24). The van der Waals surface area contributed by atoms with Gasteiger partial charge in [0.25, 0.3) is 0 Å².